The van der Waals surface area contributed by atoms with Gasteiger partial charge in [-0.1, -0.05) is 54.8 Å². The first-order chi connectivity index (χ1) is 16.5. The summed E-state index contributed by atoms with van der Waals surface area (Å²) >= 11 is 6.20. The number of carbonyl (C=O) groups is 2. The van der Waals surface area contributed by atoms with Crippen molar-refractivity contribution in [1.29, 1.82) is 0 Å². The number of nitrogens with zero attached hydrogens (tertiary/aromatic N) is 2. The van der Waals surface area contributed by atoms with Crippen LogP contribution in [0.3, 0.4) is 0 Å². The van der Waals surface area contributed by atoms with Crippen molar-refractivity contribution in [2.45, 2.75) is 46.2 Å². The molecule has 0 aliphatic heterocycles. The van der Waals surface area contributed by atoms with Crippen molar-refractivity contribution >= 4 is 39.1 Å². The molecule has 2 rings (SSSR count). The molecule has 0 aliphatic rings. The molecule has 2 aromatic carbocycles. The van der Waals surface area contributed by atoms with E-state index < -0.39 is 28.5 Å². The number of methoxy groups -OCH3 is 1. The number of carbonyl (C=O) groups excluding carboxylic acids is 2. The highest BCUT2D eigenvalue weighted by Gasteiger charge is 2.30. The number of unbranched alkanes of at least 4 members (excludes halogenated alkanes) is 1. The van der Waals surface area contributed by atoms with E-state index in [4.69, 9.17) is 16.3 Å². The van der Waals surface area contributed by atoms with Crippen LogP contribution in [0.1, 0.15) is 37.8 Å². The third-order valence-corrected chi connectivity index (χ3v) is 6.97. The van der Waals surface area contributed by atoms with Crippen LogP contribution in [0.5, 0.6) is 5.75 Å². The summed E-state index contributed by atoms with van der Waals surface area (Å²) in [6, 6.07) is 11.3. The Balaban J connectivity index is 2.38. The average Bonchev–Trinajstić information content (AvgIpc) is 2.79. The second-order valence-corrected chi connectivity index (χ2v) is 10.7. The zero-order valence-electron chi connectivity index (χ0n) is 20.9. The number of rotatable bonds is 12. The minimum atomic E-state index is -3.84. The summed E-state index contributed by atoms with van der Waals surface area (Å²) < 4.78 is 31.4. The zero-order chi connectivity index (χ0) is 26.2. The molecule has 0 aliphatic carbocycles. The van der Waals surface area contributed by atoms with Crippen LogP contribution in [0.4, 0.5) is 5.69 Å². The van der Waals surface area contributed by atoms with E-state index in [0.29, 0.717) is 12.3 Å². The quantitative estimate of drug-likeness (QED) is 0.427. The van der Waals surface area contributed by atoms with E-state index in [2.05, 4.69) is 5.32 Å². The molecule has 0 heterocycles. The minimum Gasteiger partial charge on any atom is -0.495 e. The van der Waals surface area contributed by atoms with Crippen LogP contribution < -0.4 is 14.4 Å². The number of sulfonamides is 1. The van der Waals surface area contributed by atoms with Gasteiger partial charge < -0.3 is 15.0 Å². The SMILES string of the molecule is CCCCNC(=O)[C@@H](C)N(Cc1cccc(C)c1)C(=O)CN(c1ccc(OC)c(Cl)c1)S(C)(=O)=O. The first kappa shape index (κ1) is 28.5. The van der Waals surface area contributed by atoms with E-state index in [1.54, 1.807) is 6.92 Å². The molecule has 10 heteroatoms. The van der Waals surface area contributed by atoms with E-state index in [1.807, 2.05) is 38.1 Å². The topological polar surface area (TPSA) is 96.0 Å². The van der Waals surface area contributed by atoms with E-state index in [1.165, 1.54) is 30.2 Å². The van der Waals surface area contributed by atoms with Crippen molar-refractivity contribution in [3.05, 3.63) is 58.6 Å². The van der Waals surface area contributed by atoms with Crippen molar-refractivity contribution in [3.8, 4) is 5.75 Å². The van der Waals surface area contributed by atoms with Gasteiger partial charge in [0.1, 0.15) is 18.3 Å². The first-order valence-corrected chi connectivity index (χ1v) is 13.6. The zero-order valence-corrected chi connectivity index (χ0v) is 22.4. The van der Waals surface area contributed by atoms with Crippen LogP contribution in [0.25, 0.3) is 0 Å². The van der Waals surface area contributed by atoms with Crippen LogP contribution >= 0.6 is 11.6 Å². The fraction of sp³-hybridized carbons (Fsp3) is 0.440. The molecule has 0 saturated carbocycles. The lowest BCUT2D eigenvalue weighted by Crippen LogP contribution is -2.51. The monoisotopic (exact) mass is 523 g/mol. The lowest BCUT2D eigenvalue weighted by atomic mass is 10.1. The average molecular weight is 524 g/mol. The summed E-state index contributed by atoms with van der Waals surface area (Å²) in [4.78, 5) is 27.8. The van der Waals surface area contributed by atoms with Gasteiger partial charge in [0.2, 0.25) is 21.8 Å². The van der Waals surface area contributed by atoms with Gasteiger partial charge in [0.05, 0.1) is 24.1 Å². The second-order valence-electron chi connectivity index (χ2n) is 8.42. The highest BCUT2D eigenvalue weighted by atomic mass is 35.5. The Labute approximate surface area is 213 Å². The Kier molecular flexibility index (Phi) is 10.4. The summed E-state index contributed by atoms with van der Waals surface area (Å²) in [5, 5.41) is 3.07. The molecule has 0 saturated heterocycles. The summed E-state index contributed by atoms with van der Waals surface area (Å²) in [6.07, 6.45) is 2.77. The normalized spacial score (nSPS) is 12.1. The Morgan fingerprint density at radius 2 is 1.89 bits per heavy atom. The summed E-state index contributed by atoms with van der Waals surface area (Å²) in [5.74, 6) is -0.423. The summed E-state index contributed by atoms with van der Waals surface area (Å²) in [7, 11) is -2.39. The van der Waals surface area contributed by atoms with Gasteiger partial charge in [-0.3, -0.25) is 13.9 Å². The van der Waals surface area contributed by atoms with Crippen molar-refractivity contribution in [3.63, 3.8) is 0 Å². The molecule has 1 atom stereocenters. The van der Waals surface area contributed by atoms with Crippen LogP contribution in [0, 0.1) is 6.92 Å². The molecule has 2 aromatic rings. The number of aryl methyl sites for hydroxylation is 1. The third kappa shape index (κ3) is 8.14. The predicted octanol–water partition coefficient (Wildman–Crippen LogP) is 3.76. The molecule has 8 nitrogen and oxygen atoms in total. The number of ether oxygens (including phenoxy) is 1. The molecule has 0 aromatic heterocycles. The molecule has 0 spiro atoms. The summed E-state index contributed by atoms with van der Waals surface area (Å²) in [5.41, 5.74) is 2.08. The highest BCUT2D eigenvalue weighted by molar-refractivity contribution is 7.92. The van der Waals surface area contributed by atoms with Gasteiger partial charge in [0.25, 0.3) is 0 Å². The molecule has 0 fully saturated rings. The lowest BCUT2D eigenvalue weighted by molar-refractivity contribution is -0.139. The number of halogens is 1. The minimum absolute atomic E-state index is 0.157. The van der Waals surface area contributed by atoms with Crippen LogP contribution in [-0.4, -0.2) is 57.6 Å². The largest absolute Gasteiger partial charge is 0.495 e. The van der Waals surface area contributed by atoms with E-state index >= 15 is 0 Å². The maximum atomic E-state index is 13.5. The van der Waals surface area contributed by atoms with Crippen molar-refractivity contribution < 1.29 is 22.7 Å². The Morgan fingerprint density at radius 3 is 2.46 bits per heavy atom. The van der Waals surface area contributed by atoms with Crippen LogP contribution in [0.15, 0.2) is 42.5 Å². The van der Waals surface area contributed by atoms with Gasteiger partial charge in [-0.25, -0.2) is 8.42 Å². The number of nitrogens with one attached hydrogen (secondary N) is 1. The van der Waals surface area contributed by atoms with E-state index in [9.17, 15) is 18.0 Å². The second kappa shape index (κ2) is 12.8. The molecule has 2 amide bonds. The molecule has 1 N–H and O–H groups in total. The number of hydrogen-bond donors (Lipinski definition) is 1. The van der Waals surface area contributed by atoms with Gasteiger partial charge in [0, 0.05) is 13.1 Å². The van der Waals surface area contributed by atoms with Crippen molar-refractivity contribution in [2.75, 3.05) is 30.8 Å². The number of hydrogen-bond acceptors (Lipinski definition) is 5. The van der Waals surface area contributed by atoms with Crippen molar-refractivity contribution in [2.24, 2.45) is 0 Å². The van der Waals surface area contributed by atoms with Crippen molar-refractivity contribution in [1.82, 2.24) is 10.2 Å². The Morgan fingerprint density at radius 1 is 1.17 bits per heavy atom. The van der Waals surface area contributed by atoms with Gasteiger partial charge >= 0.3 is 0 Å². The van der Waals surface area contributed by atoms with Crippen LogP contribution in [0.2, 0.25) is 5.02 Å². The smallest absolute Gasteiger partial charge is 0.244 e. The van der Waals surface area contributed by atoms with Gasteiger partial charge in [-0.2, -0.15) is 0 Å². The first-order valence-electron chi connectivity index (χ1n) is 11.4. The fourth-order valence-electron chi connectivity index (χ4n) is 3.55. The molecular formula is C25H34ClN3O5S. The summed E-state index contributed by atoms with van der Waals surface area (Å²) in [6.45, 7) is 5.78. The van der Waals surface area contributed by atoms with Crippen LogP contribution in [-0.2, 0) is 26.2 Å². The number of amides is 2. The maximum Gasteiger partial charge on any atom is 0.244 e. The van der Waals surface area contributed by atoms with Gasteiger partial charge in [0.15, 0.2) is 0 Å². The Hall–Kier alpha value is -2.78. The van der Waals surface area contributed by atoms with Gasteiger partial charge in [-0.15, -0.1) is 0 Å². The van der Waals surface area contributed by atoms with Gasteiger partial charge in [-0.05, 0) is 44.0 Å². The predicted molar refractivity (Wildman–Crippen MR) is 139 cm³/mol. The fourth-order valence-corrected chi connectivity index (χ4v) is 4.64. The maximum absolute atomic E-state index is 13.5. The molecule has 0 bridgehead atoms. The third-order valence-electron chi connectivity index (χ3n) is 5.53. The van der Waals surface area contributed by atoms with E-state index in [0.717, 1.165) is 34.5 Å². The molecule has 35 heavy (non-hydrogen) atoms. The molecular weight excluding hydrogens is 490 g/mol. The molecule has 192 valence electrons. The number of benzene rings is 2. The van der Waals surface area contributed by atoms with E-state index in [-0.39, 0.29) is 23.2 Å². The Bertz CT molecular complexity index is 1140. The standard InChI is InChI=1S/C25H34ClN3O5S/c1-6-7-13-27-25(31)19(3)28(16-20-10-8-9-18(2)14-20)24(30)17-29(35(5,32)33)21-11-12-23(34-4)22(26)15-21/h8-12,14-15,19H,6-7,13,16-17H2,1-5H3,(H,27,31)/t19-/m1/s1. The number of anilines is 1. The highest BCUT2D eigenvalue weighted by Crippen LogP contribution is 2.30. The lowest BCUT2D eigenvalue weighted by Gasteiger charge is -2.31. The molecule has 0 radical (unpaired) electrons. The molecule has 0 unspecified atom stereocenters.